The van der Waals surface area contributed by atoms with E-state index in [1.807, 2.05) is 23.9 Å². The molecule has 0 aliphatic carbocycles. The van der Waals surface area contributed by atoms with Gasteiger partial charge in [-0.25, -0.2) is 0 Å². The molecule has 0 atom stereocenters. The lowest BCUT2D eigenvalue weighted by molar-refractivity contribution is 0.0724. The summed E-state index contributed by atoms with van der Waals surface area (Å²) in [5, 5.41) is 2.83. The summed E-state index contributed by atoms with van der Waals surface area (Å²) in [6.45, 7) is 2.91. The van der Waals surface area contributed by atoms with Crippen LogP contribution >= 0.6 is 0 Å². The number of rotatable bonds is 5. The summed E-state index contributed by atoms with van der Waals surface area (Å²) >= 11 is 0. The van der Waals surface area contributed by atoms with E-state index in [2.05, 4.69) is 10.3 Å². The van der Waals surface area contributed by atoms with Crippen molar-refractivity contribution < 1.29 is 9.59 Å². The second-order valence-electron chi connectivity index (χ2n) is 5.87. The van der Waals surface area contributed by atoms with Gasteiger partial charge in [-0.05, 0) is 39.4 Å². The van der Waals surface area contributed by atoms with Crippen LogP contribution in [-0.4, -0.2) is 66.9 Å². The number of likely N-dealkylation sites (tertiary alicyclic amines) is 1. The van der Waals surface area contributed by atoms with Crippen LogP contribution in [0.5, 0.6) is 0 Å². The summed E-state index contributed by atoms with van der Waals surface area (Å²) in [5.74, 6) is -0.224. The van der Waals surface area contributed by atoms with Gasteiger partial charge in [-0.2, -0.15) is 0 Å². The van der Waals surface area contributed by atoms with Crippen LogP contribution in [0.4, 0.5) is 0 Å². The molecular formula is C16H24N4O2. The average Bonchev–Trinajstić information content (AvgIpc) is 2.54. The number of carbonyl (C=O) groups excluding carboxylic acids is 2. The van der Waals surface area contributed by atoms with Gasteiger partial charge < -0.3 is 15.1 Å². The summed E-state index contributed by atoms with van der Waals surface area (Å²) in [7, 11) is 3.90. The van der Waals surface area contributed by atoms with E-state index in [9.17, 15) is 9.59 Å². The SMILES string of the molecule is CN(C)CCNC(=O)c1cncc(C(=O)N2CCCCC2)c1. The Balaban J connectivity index is 1.99. The van der Waals surface area contributed by atoms with E-state index in [4.69, 9.17) is 0 Å². The van der Waals surface area contributed by atoms with Crippen LogP contribution in [0.3, 0.4) is 0 Å². The molecule has 120 valence electrons. The normalized spacial score (nSPS) is 15.0. The van der Waals surface area contributed by atoms with Crippen LogP contribution in [0.25, 0.3) is 0 Å². The fourth-order valence-corrected chi connectivity index (χ4v) is 2.46. The summed E-state index contributed by atoms with van der Waals surface area (Å²) in [6, 6.07) is 1.63. The molecule has 1 aromatic rings. The molecule has 6 heteroatoms. The predicted molar refractivity (Wildman–Crippen MR) is 84.9 cm³/mol. The Kier molecular flexibility index (Phi) is 5.89. The fourth-order valence-electron chi connectivity index (χ4n) is 2.46. The van der Waals surface area contributed by atoms with Crippen LogP contribution in [-0.2, 0) is 0 Å². The van der Waals surface area contributed by atoms with E-state index < -0.39 is 0 Å². The summed E-state index contributed by atoms with van der Waals surface area (Å²) in [5.41, 5.74) is 0.920. The van der Waals surface area contributed by atoms with Crippen LogP contribution < -0.4 is 5.32 Å². The number of carbonyl (C=O) groups is 2. The molecule has 1 aromatic heterocycles. The smallest absolute Gasteiger partial charge is 0.255 e. The Bertz CT molecular complexity index is 525. The number of nitrogens with zero attached hydrogens (tertiary/aromatic N) is 3. The van der Waals surface area contributed by atoms with Gasteiger partial charge in [-0.1, -0.05) is 0 Å². The molecule has 6 nitrogen and oxygen atoms in total. The summed E-state index contributed by atoms with van der Waals surface area (Å²) < 4.78 is 0. The van der Waals surface area contributed by atoms with Crippen LogP contribution in [0.1, 0.15) is 40.0 Å². The third-order valence-corrected chi connectivity index (χ3v) is 3.74. The number of nitrogens with one attached hydrogen (secondary N) is 1. The lowest BCUT2D eigenvalue weighted by Crippen LogP contribution is -2.36. The molecule has 1 aliphatic rings. The Morgan fingerprint density at radius 1 is 1.18 bits per heavy atom. The van der Waals surface area contributed by atoms with E-state index in [-0.39, 0.29) is 11.8 Å². The zero-order chi connectivity index (χ0) is 15.9. The Morgan fingerprint density at radius 2 is 1.86 bits per heavy atom. The van der Waals surface area contributed by atoms with Gasteiger partial charge in [0, 0.05) is 38.6 Å². The van der Waals surface area contributed by atoms with Gasteiger partial charge in [-0.3, -0.25) is 14.6 Å². The lowest BCUT2D eigenvalue weighted by atomic mass is 10.1. The third kappa shape index (κ3) is 4.53. The van der Waals surface area contributed by atoms with E-state index >= 15 is 0 Å². The van der Waals surface area contributed by atoms with Crippen molar-refractivity contribution in [3.63, 3.8) is 0 Å². The minimum atomic E-state index is -0.192. The molecule has 0 unspecified atom stereocenters. The number of hydrogen-bond acceptors (Lipinski definition) is 4. The number of likely N-dealkylation sites (N-methyl/N-ethyl adjacent to an activating group) is 1. The van der Waals surface area contributed by atoms with Crippen LogP contribution in [0.2, 0.25) is 0 Å². The zero-order valence-electron chi connectivity index (χ0n) is 13.3. The first-order valence-electron chi connectivity index (χ1n) is 7.75. The molecule has 0 aromatic carbocycles. The molecule has 22 heavy (non-hydrogen) atoms. The molecule has 1 saturated heterocycles. The largest absolute Gasteiger partial charge is 0.351 e. The van der Waals surface area contributed by atoms with Crippen molar-refractivity contribution in [2.45, 2.75) is 19.3 Å². The van der Waals surface area contributed by atoms with E-state index in [1.54, 1.807) is 6.07 Å². The first-order valence-corrected chi connectivity index (χ1v) is 7.75. The molecule has 0 bridgehead atoms. The monoisotopic (exact) mass is 304 g/mol. The van der Waals surface area contributed by atoms with Gasteiger partial charge in [0.25, 0.3) is 11.8 Å². The fraction of sp³-hybridized carbons (Fsp3) is 0.562. The number of piperidine rings is 1. The number of aromatic nitrogens is 1. The first-order chi connectivity index (χ1) is 10.6. The Hall–Kier alpha value is -1.95. The van der Waals surface area contributed by atoms with E-state index in [1.165, 1.54) is 18.8 Å². The second-order valence-corrected chi connectivity index (χ2v) is 5.87. The number of hydrogen-bond donors (Lipinski definition) is 1. The van der Waals surface area contributed by atoms with E-state index in [0.717, 1.165) is 32.5 Å². The Morgan fingerprint density at radius 3 is 2.55 bits per heavy atom. The van der Waals surface area contributed by atoms with Crippen LogP contribution in [0.15, 0.2) is 18.5 Å². The highest BCUT2D eigenvalue weighted by Crippen LogP contribution is 2.13. The van der Waals surface area contributed by atoms with Gasteiger partial charge in [0.1, 0.15) is 0 Å². The topological polar surface area (TPSA) is 65.5 Å². The second kappa shape index (κ2) is 7.89. The third-order valence-electron chi connectivity index (χ3n) is 3.74. The lowest BCUT2D eigenvalue weighted by Gasteiger charge is -2.26. The summed E-state index contributed by atoms with van der Waals surface area (Å²) in [6.07, 6.45) is 6.30. The molecule has 0 radical (unpaired) electrons. The van der Waals surface area contributed by atoms with Gasteiger partial charge in [0.2, 0.25) is 0 Å². The summed E-state index contributed by atoms with van der Waals surface area (Å²) in [4.78, 5) is 32.4. The highest BCUT2D eigenvalue weighted by molar-refractivity contribution is 5.99. The van der Waals surface area contributed by atoms with Gasteiger partial charge in [0.05, 0.1) is 11.1 Å². The van der Waals surface area contributed by atoms with Gasteiger partial charge in [0.15, 0.2) is 0 Å². The molecular weight excluding hydrogens is 280 g/mol. The standard InChI is InChI=1S/C16H24N4O2/c1-19(2)9-6-18-15(21)13-10-14(12-17-11-13)16(22)20-7-4-3-5-8-20/h10-12H,3-9H2,1-2H3,(H,18,21). The Labute approximate surface area is 131 Å². The van der Waals surface area contributed by atoms with Crippen molar-refractivity contribution in [1.29, 1.82) is 0 Å². The molecule has 0 spiro atoms. The molecule has 2 rings (SSSR count). The maximum Gasteiger partial charge on any atom is 0.255 e. The van der Waals surface area contributed by atoms with Crippen molar-refractivity contribution in [3.8, 4) is 0 Å². The maximum atomic E-state index is 12.4. The van der Waals surface area contributed by atoms with Crippen molar-refractivity contribution in [2.24, 2.45) is 0 Å². The predicted octanol–water partition coefficient (Wildman–Crippen LogP) is 0.999. The molecule has 2 heterocycles. The van der Waals surface area contributed by atoms with Crippen molar-refractivity contribution >= 4 is 11.8 Å². The maximum absolute atomic E-state index is 12.4. The minimum Gasteiger partial charge on any atom is -0.351 e. The quantitative estimate of drug-likeness (QED) is 0.881. The highest BCUT2D eigenvalue weighted by Gasteiger charge is 2.19. The molecule has 1 fully saturated rings. The molecule has 1 aliphatic heterocycles. The molecule has 1 N–H and O–H groups in total. The van der Waals surface area contributed by atoms with Crippen LogP contribution in [0, 0.1) is 0 Å². The van der Waals surface area contributed by atoms with Gasteiger partial charge >= 0.3 is 0 Å². The average molecular weight is 304 g/mol. The number of amides is 2. The zero-order valence-corrected chi connectivity index (χ0v) is 13.3. The van der Waals surface area contributed by atoms with Crippen molar-refractivity contribution in [3.05, 3.63) is 29.6 Å². The van der Waals surface area contributed by atoms with Crippen molar-refractivity contribution in [2.75, 3.05) is 40.3 Å². The van der Waals surface area contributed by atoms with E-state index in [0.29, 0.717) is 17.7 Å². The molecule has 0 saturated carbocycles. The number of pyridine rings is 1. The highest BCUT2D eigenvalue weighted by atomic mass is 16.2. The first kappa shape index (κ1) is 16.4. The molecule has 2 amide bonds. The van der Waals surface area contributed by atoms with Gasteiger partial charge in [-0.15, -0.1) is 0 Å². The minimum absolute atomic E-state index is 0.0323. The van der Waals surface area contributed by atoms with Crippen molar-refractivity contribution in [1.82, 2.24) is 20.1 Å².